The summed E-state index contributed by atoms with van der Waals surface area (Å²) in [6, 6.07) is 11.1. The van der Waals surface area contributed by atoms with Crippen molar-refractivity contribution >= 4 is 37.5 Å². The monoisotopic (exact) mass is 395 g/mol. The first-order chi connectivity index (χ1) is 9.38. The molecule has 0 spiro atoms. The van der Waals surface area contributed by atoms with Gasteiger partial charge in [-0.3, -0.25) is 0 Å². The van der Waals surface area contributed by atoms with Crippen LogP contribution in [0.2, 0.25) is 0 Å². The third-order valence-electron chi connectivity index (χ3n) is 3.45. The van der Waals surface area contributed by atoms with Crippen LogP contribution in [-0.4, -0.2) is 0 Å². The summed E-state index contributed by atoms with van der Waals surface area (Å²) in [4.78, 5) is 0. The van der Waals surface area contributed by atoms with Crippen molar-refractivity contribution in [1.29, 1.82) is 0 Å². The van der Waals surface area contributed by atoms with Crippen molar-refractivity contribution < 1.29 is 0 Å². The van der Waals surface area contributed by atoms with Crippen LogP contribution in [0.4, 0.5) is 5.69 Å². The Morgan fingerprint density at radius 3 is 2.10 bits per heavy atom. The Morgan fingerprint density at radius 2 is 1.50 bits per heavy atom. The molecule has 20 heavy (non-hydrogen) atoms. The number of hydrogen-bond acceptors (Lipinski definition) is 1. The van der Waals surface area contributed by atoms with Gasteiger partial charge in [0.1, 0.15) is 0 Å². The Labute approximate surface area is 138 Å². The quantitative estimate of drug-likeness (QED) is 0.640. The molecule has 0 aliphatic heterocycles. The van der Waals surface area contributed by atoms with Crippen molar-refractivity contribution in [2.45, 2.75) is 33.7 Å². The summed E-state index contributed by atoms with van der Waals surface area (Å²) in [6.45, 7) is 8.58. The van der Waals surface area contributed by atoms with Crippen molar-refractivity contribution in [2.75, 3.05) is 5.32 Å². The molecule has 0 aromatic heterocycles. The number of nitrogens with one attached hydrogen (secondary N) is 1. The normalized spacial score (nSPS) is 12.3. The largest absolute Gasteiger partial charge is 0.377 e. The third kappa shape index (κ3) is 3.44. The number of benzene rings is 2. The molecule has 0 aliphatic rings. The molecule has 2 aromatic rings. The predicted molar refractivity (Wildman–Crippen MR) is 94.5 cm³/mol. The highest BCUT2D eigenvalue weighted by atomic mass is 79.9. The SMILES string of the molecule is Cc1cc(Br)c(NC(C)c2cc(C)ccc2C)c(Br)c1. The van der Waals surface area contributed by atoms with Crippen LogP contribution in [0.3, 0.4) is 0 Å². The minimum atomic E-state index is 0.255. The lowest BCUT2D eigenvalue weighted by atomic mass is 10.00. The number of aryl methyl sites for hydroxylation is 3. The first-order valence-corrected chi connectivity index (χ1v) is 8.26. The molecule has 0 fully saturated rings. The van der Waals surface area contributed by atoms with Gasteiger partial charge in [-0.25, -0.2) is 0 Å². The van der Waals surface area contributed by atoms with E-state index in [-0.39, 0.29) is 6.04 Å². The van der Waals surface area contributed by atoms with Gasteiger partial charge >= 0.3 is 0 Å². The molecule has 0 amide bonds. The lowest BCUT2D eigenvalue weighted by Crippen LogP contribution is -2.09. The van der Waals surface area contributed by atoms with E-state index in [0.29, 0.717) is 0 Å². The fourth-order valence-corrected chi connectivity index (χ4v) is 4.00. The Bertz CT molecular complexity index is 612. The molecule has 0 saturated heterocycles. The summed E-state index contributed by atoms with van der Waals surface area (Å²) < 4.78 is 2.17. The Hall–Kier alpha value is -0.800. The van der Waals surface area contributed by atoms with Gasteiger partial charge in [0, 0.05) is 15.0 Å². The van der Waals surface area contributed by atoms with Crippen molar-refractivity contribution in [1.82, 2.24) is 0 Å². The van der Waals surface area contributed by atoms with Crippen molar-refractivity contribution in [3.05, 3.63) is 61.5 Å². The lowest BCUT2D eigenvalue weighted by Gasteiger charge is -2.21. The first kappa shape index (κ1) is 15.6. The van der Waals surface area contributed by atoms with Crippen molar-refractivity contribution in [3.63, 3.8) is 0 Å². The van der Waals surface area contributed by atoms with Crippen LogP contribution in [0.25, 0.3) is 0 Å². The van der Waals surface area contributed by atoms with Gasteiger partial charge in [0.25, 0.3) is 0 Å². The highest BCUT2D eigenvalue weighted by molar-refractivity contribution is 9.11. The molecule has 3 heteroatoms. The number of rotatable bonds is 3. The second-order valence-electron chi connectivity index (χ2n) is 5.33. The van der Waals surface area contributed by atoms with Crippen LogP contribution in [0.5, 0.6) is 0 Å². The van der Waals surface area contributed by atoms with E-state index in [0.717, 1.165) is 14.6 Å². The average molecular weight is 397 g/mol. The van der Waals surface area contributed by atoms with E-state index in [9.17, 15) is 0 Å². The Kier molecular flexibility index (Phi) is 4.92. The lowest BCUT2D eigenvalue weighted by molar-refractivity contribution is 0.869. The topological polar surface area (TPSA) is 12.0 Å². The minimum Gasteiger partial charge on any atom is -0.377 e. The summed E-state index contributed by atoms with van der Waals surface area (Å²) in [5, 5.41) is 3.60. The summed E-state index contributed by atoms with van der Waals surface area (Å²) in [5.41, 5.74) is 6.28. The first-order valence-electron chi connectivity index (χ1n) is 6.68. The fourth-order valence-electron chi connectivity index (χ4n) is 2.36. The molecule has 2 aromatic carbocycles. The van der Waals surface area contributed by atoms with Crippen LogP contribution in [0, 0.1) is 20.8 Å². The van der Waals surface area contributed by atoms with Gasteiger partial charge in [0.05, 0.1) is 5.69 Å². The second-order valence-corrected chi connectivity index (χ2v) is 7.04. The highest BCUT2D eigenvalue weighted by Crippen LogP contribution is 2.35. The average Bonchev–Trinajstić information content (AvgIpc) is 2.36. The standard InChI is InChI=1S/C17H19Br2N/c1-10-5-6-12(3)14(7-10)13(4)20-17-15(18)8-11(2)9-16(17)19/h5-9,13,20H,1-4H3. The Morgan fingerprint density at radius 1 is 0.900 bits per heavy atom. The zero-order valence-corrected chi connectivity index (χ0v) is 15.4. The molecule has 2 rings (SSSR count). The van der Waals surface area contributed by atoms with Crippen LogP contribution in [-0.2, 0) is 0 Å². The molecule has 0 radical (unpaired) electrons. The second kappa shape index (κ2) is 6.31. The van der Waals surface area contributed by atoms with Gasteiger partial charge in [-0.1, -0.05) is 23.8 Å². The van der Waals surface area contributed by atoms with Gasteiger partial charge in [-0.05, 0) is 88.4 Å². The maximum atomic E-state index is 3.64. The van der Waals surface area contributed by atoms with Crippen molar-refractivity contribution in [2.24, 2.45) is 0 Å². The molecular formula is C17H19Br2N. The van der Waals surface area contributed by atoms with E-state index in [1.807, 2.05) is 0 Å². The number of anilines is 1. The Balaban J connectivity index is 2.32. The molecule has 0 heterocycles. The molecule has 0 saturated carbocycles. The molecule has 1 N–H and O–H groups in total. The van der Waals surface area contributed by atoms with Crippen LogP contribution < -0.4 is 5.32 Å². The molecule has 0 bridgehead atoms. The third-order valence-corrected chi connectivity index (χ3v) is 4.70. The molecule has 1 nitrogen and oxygen atoms in total. The summed E-state index contributed by atoms with van der Waals surface area (Å²) >= 11 is 7.28. The smallest absolute Gasteiger partial charge is 0.0633 e. The van der Waals surface area contributed by atoms with E-state index < -0.39 is 0 Å². The summed E-state index contributed by atoms with van der Waals surface area (Å²) in [6.07, 6.45) is 0. The maximum Gasteiger partial charge on any atom is 0.0633 e. The summed E-state index contributed by atoms with van der Waals surface area (Å²) in [5.74, 6) is 0. The number of hydrogen-bond donors (Lipinski definition) is 1. The van der Waals surface area contributed by atoms with E-state index in [2.05, 4.69) is 95.2 Å². The van der Waals surface area contributed by atoms with E-state index >= 15 is 0 Å². The van der Waals surface area contributed by atoms with Gasteiger partial charge in [0.15, 0.2) is 0 Å². The fraction of sp³-hybridized carbons (Fsp3) is 0.294. The molecule has 1 atom stereocenters. The zero-order valence-electron chi connectivity index (χ0n) is 12.2. The summed E-state index contributed by atoms with van der Waals surface area (Å²) in [7, 11) is 0. The van der Waals surface area contributed by atoms with Gasteiger partial charge in [-0.2, -0.15) is 0 Å². The maximum absolute atomic E-state index is 3.64. The van der Waals surface area contributed by atoms with E-state index in [1.54, 1.807) is 0 Å². The van der Waals surface area contributed by atoms with Crippen LogP contribution in [0.1, 0.15) is 35.2 Å². The van der Waals surface area contributed by atoms with E-state index in [1.165, 1.54) is 22.3 Å². The molecular weight excluding hydrogens is 378 g/mol. The van der Waals surface area contributed by atoms with Gasteiger partial charge in [-0.15, -0.1) is 0 Å². The molecule has 0 aliphatic carbocycles. The molecule has 1 unspecified atom stereocenters. The predicted octanol–water partition coefficient (Wildman–Crippen LogP) is 6.31. The van der Waals surface area contributed by atoms with Crippen LogP contribution >= 0.6 is 31.9 Å². The van der Waals surface area contributed by atoms with Gasteiger partial charge < -0.3 is 5.32 Å². The van der Waals surface area contributed by atoms with Crippen molar-refractivity contribution in [3.8, 4) is 0 Å². The number of halogens is 2. The van der Waals surface area contributed by atoms with Gasteiger partial charge in [0.2, 0.25) is 0 Å². The van der Waals surface area contributed by atoms with Crippen LogP contribution in [0.15, 0.2) is 39.3 Å². The minimum absolute atomic E-state index is 0.255. The highest BCUT2D eigenvalue weighted by Gasteiger charge is 2.13. The van der Waals surface area contributed by atoms with E-state index in [4.69, 9.17) is 0 Å². The molecule has 106 valence electrons. The zero-order chi connectivity index (χ0) is 14.9.